The van der Waals surface area contributed by atoms with Gasteiger partial charge < -0.3 is 9.47 Å². The van der Waals surface area contributed by atoms with E-state index in [2.05, 4.69) is 4.99 Å². The van der Waals surface area contributed by atoms with Gasteiger partial charge in [0.15, 0.2) is 16.7 Å². The second-order valence-electron chi connectivity index (χ2n) is 7.45. The largest absolute Gasteiger partial charge is 0.493 e. The van der Waals surface area contributed by atoms with Crippen molar-refractivity contribution in [3.8, 4) is 11.5 Å². The zero-order valence-corrected chi connectivity index (χ0v) is 20.5. The predicted octanol–water partition coefficient (Wildman–Crippen LogP) is 6.83. The van der Waals surface area contributed by atoms with Gasteiger partial charge in [-0.05, 0) is 72.8 Å². The van der Waals surface area contributed by atoms with Crippen LogP contribution in [-0.2, 0) is 11.4 Å². The molecule has 0 N–H and O–H groups in total. The average Bonchev–Trinajstić information content (AvgIpc) is 3.14. The van der Waals surface area contributed by atoms with Crippen molar-refractivity contribution in [2.75, 3.05) is 13.7 Å². The average molecular weight is 515 g/mol. The van der Waals surface area contributed by atoms with Crippen molar-refractivity contribution in [3.63, 3.8) is 0 Å². The number of amidine groups is 1. The molecule has 1 aliphatic rings. The number of amides is 1. The number of methoxy groups -OCH3 is 1. The van der Waals surface area contributed by atoms with Crippen LogP contribution in [0.5, 0.6) is 11.5 Å². The van der Waals surface area contributed by atoms with Gasteiger partial charge in [0.05, 0.1) is 22.7 Å². The third kappa shape index (κ3) is 5.66. The van der Waals surface area contributed by atoms with Crippen LogP contribution in [0.4, 0.5) is 14.5 Å². The van der Waals surface area contributed by atoms with Gasteiger partial charge in [0.1, 0.15) is 18.2 Å². The normalized spacial score (nSPS) is 15.8. The van der Waals surface area contributed by atoms with Gasteiger partial charge >= 0.3 is 0 Å². The second-order valence-corrected chi connectivity index (χ2v) is 8.86. The molecule has 0 aliphatic carbocycles. The van der Waals surface area contributed by atoms with E-state index in [1.807, 2.05) is 6.92 Å². The number of nitrogens with zero attached hydrogens (tertiary/aromatic N) is 2. The Morgan fingerprint density at radius 2 is 1.86 bits per heavy atom. The zero-order valence-electron chi connectivity index (χ0n) is 18.9. The minimum Gasteiger partial charge on any atom is -0.493 e. The molecule has 1 saturated heterocycles. The number of hydrogen-bond acceptors (Lipinski definition) is 5. The molecule has 1 heterocycles. The molecule has 3 aromatic rings. The quantitative estimate of drug-likeness (QED) is 0.324. The summed E-state index contributed by atoms with van der Waals surface area (Å²) in [6, 6.07) is 15.4. The molecule has 9 heteroatoms. The summed E-state index contributed by atoms with van der Waals surface area (Å²) >= 11 is 7.68. The summed E-state index contributed by atoms with van der Waals surface area (Å²) in [5.74, 6) is -0.306. The van der Waals surface area contributed by atoms with Crippen LogP contribution >= 0.6 is 23.4 Å². The molecule has 0 bridgehead atoms. The lowest BCUT2D eigenvalue weighted by Crippen LogP contribution is -2.28. The van der Waals surface area contributed by atoms with Crippen LogP contribution in [-0.4, -0.2) is 29.6 Å². The topological polar surface area (TPSA) is 51.1 Å². The number of ether oxygens (including phenoxy) is 2. The van der Waals surface area contributed by atoms with Crippen molar-refractivity contribution in [1.29, 1.82) is 0 Å². The van der Waals surface area contributed by atoms with Crippen LogP contribution in [0.15, 0.2) is 70.6 Å². The molecule has 0 radical (unpaired) electrons. The van der Waals surface area contributed by atoms with Crippen molar-refractivity contribution in [2.24, 2.45) is 4.99 Å². The summed E-state index contributed by atoms with van der Waals surface area (Å²) in [6.45, 7) is 2.26. The lowest BCUT2D eigenvalue weighted by atomic mass is 10.1. The SMILES string of the molecule is CCN1C(=O)/C(=C\c2cc(Cl)c(OCc3ccccc3F)c(OC)c2)SC1=Nc1ccc(F)cc1. The fourth-order valence-corrected chi connectivity index (χ4v) is 4.71. The minimum atomic E-state index is -0.376. The first-order chi connectivity index (χ1) is 16.9. The summed E-state index contributed by atoms with van der Waals surface area (Å²) in [6.07, 6.45) is 1.69. The zero-order chi connectivity index (χ0) is 24.9. The number of carbonyl (C=O) groups is 1. The summed E-state index contributed by atoms with van der Waals surface area (Å²) in [5, 5.41) is 0.758. The van der Waals surface area contributed by atoms with Crippen LogP contribution in [0, 0.1) is 11.6 Å². The molecule has 1 amide bonds. The third-order valence-corrected chi connectivity index (χ3v) is 6.42. The van der Waals surface area contributed by atoms with Gasteiger partial charge in [-0.3, -0.25) is 9.69 Å². The number of likely N-dealkylation sites (N-methyl/N-ethyl adjacent to an activating group) is 1. The highest BCUT2D eigenvalue weighted by atomic mass is 35.5. The maximum absolute atomic E-state index is 13.9. The maximum atomic E-state index is 13.9. The van der Waals surface area contributed by atoms with E-state index in [9.17, 15) is 13.6 Å². The smallest absolute Gasteiger partial charge is 0.266 e. The molecular weight excluding hydrogens is 494 g/mol. The Kier molecular flexibility index (Phi) is 7.73. The van der Waals surface area contributed by atoms with Crippen molar-refractivity contribution in [1.82, 2.24) is 4.90 Å². The minimum absolute atomic E-state index is 0.0216. The van der Waals surface area contributed by atoms with Gasteiger partial charge in [-0.25, -0.2) is 13.8 Å². The molecule has 180 valence electrons. The fourth-order valence-electron chi connectivity index (χ4n) is 3.38. The molecule has 1 fully saturated rings. The Morgan fingerprint density at radius 3 is 2.54 bits per heavy atom. The molecule has 0 spiro atoms. The van der Waals surface area contributed by atoms with E-state index in [-0.39, 0.29) is 34.9 Å². The van der Waals surface area contributed by atoms with Crippen LogP contribution in [0.1, 0.15) is 18.1 Å². The lowest BCUT2D eigenvalue weighted by molar-refractivity contribution is -0.122. The van der Waals surface area contributed by atoms with E-state index in [1.54, 1.807) is 53.4 Å². The van der Waals surface area contributed by atoms with Gasteiger partial charge in [0.25, 0.3) is 5.91 Å². The third-order valence-electron chi connectivity index (χ3n) is 5.14. The van der Waals surface area contributed by atoms with Crippen molar-refractivity contribution < 1.29 is 23.0 Å². The summed E-state index contributed by atoms with van der Waals surface area (Å²) in [5.41, 5.74) is 1.56. The van der Waals surface area contributed by atoms with Crippen LogP contribution in [0.25, 0.3) is 6.08 Å². The van der Waals surface area contributed by atoms with E-state index in [0.717, 1.165) is 0 Å². The van der Waals surface area contributed by atoms with Crippen LogP contribution in [0.2, 0.25) is 5.02 Å². The molecule has 1 aliphatic heterocycles. The van der Waals surface area contributed by atoms with Gasteiger partial charge in [-0.15, -0.1) is 0 Å². The van der Waals surface area contributed by atoms with E-state index >= 15 is 0 Å². The highest BCUT2D eigenvalue weighted by Gasteiger charge is 2.32. The molecule has 3 aromatic carbocycles. The van der Waals surface area contributed by atoms with Gasteiger partial charge in [0.2, 0.25) is 0 Å². The number of benzene rings is 3. The van der Waals surface area contributed by atoms with Gasteiger partial charge in [-0.1, -0.05) is 29.8 Å². The molecular formula is C26H21ClF2N2O3S. The highest BCUT2D eigenvalue weighted by molar-refractivity contribution is 8.18. The number of rotatable bonds is 7. The standard InChI is InChI=1S/C26H21ClF2N2O3S/c1-3-31-25(32)23(35-26(31)30-19-10-8-18(28)9-11-19)14-16-12-20(27)24(22(13-16)33-2)34-15-17-6-4-5-7-21(17)29/h4-14H,3,15H2,1-2H3/b23-14+,30-26?. The lowest BCUT2D eigenvalue weighted by Gasteiger charge is -2.14. The van der Waals surface area contributed by atoms with Crippen molar-refractivity contribution in [3.05, 3.63) is 93.4 Å². The van der Waals surface area contributed by atoms with E-state index in [4.69, 9.17) is 21.1 Å². The molecule has 35 heavy (non-hydrogen) atoms. The Labute approximate surface area is 211 Å². The molecule has 0 aromatic heterocycles. The molecule has 0 unspecified atom stereocenters. The number of carbonyl (C=O) groups excluding carboxylic acids is 1. The first kappa shape index (κ1) is 24.8. The monoisotopic (exact) mass is 514 g/mol. The van der Waals surface area contributed by atoms with Crippen molar-refractivity contribution >= 4 is 46.2 Å². The van der Waals surface area contributed by atoms with Gasteiger partial charge in [0, 0.05) is 12.1 Å². The van der Waals surface area contributed by atoms with Crippen LogP contribution < -0.4 is 9.47 Å². The fraction of sp³-hybridized carbons (Fsp3) is 0.154. The Hall–Kier alpha value is -3.36. The summed E-state index contributed by atoms with van der Waals surface area (Å²) < 4.78 is 38.3. The molecule has 0 atom stereocenters. The predicted molar refractivity (Wildman–Crippen MR) is 135 cm³/mol. The summed E-state index contributed by atoms with van der Waals surface area (Å²) in [4.78, 5) is 19.5. The molecule has 4 rings (SSSR count). The summed E-state index contributed by atoms with van der Waals surface area (Å²) in [7, 11) is 1.47. The maximum Gasteiger partial charge on any atom is 0.266 e. The molecule has 5 nitrogen and oxygen atoms in total. The van der Waals surface area contributed by atoms with E-state index in [0.29, 0.717) is 39.2 Å². The van der Waals surface area contributed by atoms with E-state index in [1.165, 1.54) is 37.1 Å². The highest BCUT2D eigenvalue weighted by Crippen LogP contribution is 2.39. The number of thioether (sulfide) groups is 1. The molecule has 0 saturated carbocycles. The number of halogens is 3. The van der Waals surface area contributed by atoms with Crippen LogP contribution in [0.3, 0.4) is 0 Å². The number of hydrogen-bond donors (Lipinski definition) is 0. The van der Waals surface area contributed by atoms with E-state index < -0.39 is 0 Å². The van der Waals surface area contributed by atoms with Crippen molar-refractivity contribution in [2.45, 2.75) is 13.5 Å². The first-order valence-electron chi connectivity index (χ1n) is 10.7. The Balaban J connectivity index is 1.59. The second kappa shape index (κ2) is 10.9. The first-order valence-corrected chi connectivity index (χ1v) is 11.9. The Bertz CT molecular complexity index is 1310. The van der Waals surface area contributed by atoms with Gasteiger partial charge in [-0.2, -0.15) is 0 Å². The number of aliphatic imine (C=N–C) groups is 1. The Morgan fingerprint density at radius 1 is 1.11 bits per heavy atom.